The number of pyridine rings is 1. The molecular formula is C20H16N2O5. The fourth-order valence-electron chi connectivity index (χ4n) is 3.56. The van der Waals surface area contributed by atoms with Crippen molar-refractivity contribution in [3.63, 3.8) is 0 Å². The number of nitrogens with zero attached hydrogens (tertiary/aromatic N) is 2. The van der Waals surface area contributed by atoms with Crippen LogP contribution in [0.25, 0.3) is 10.9 Å². The highest BCUT2D eigenvalue weighted by Crippen LogP contribution is 2.38. The second kappa shape index (κ2) is 5.77. The number of oxime groups is 1. The molecule has 1 atom stereocenters. The molecule has 1 aromatic heterocycles. The van der Waals surface area contributed by atoms with Crippen LogP contribution in [0.5, 0.6) is 17.2 Å². The first kappa shape index (κ1) is 15.7. The van der Waals surface area contributed by atoms with Crippen molar-refractivity contribution in [3.8, 4) is 17.2 Å². The molecular weight excluding hydrogens is 348 g/mol. The van der Waals surface area contributed by atoms with Crippen LogP contribution in [-0.2, 0) is 11.9 Å². The van der Waals surface area contributed by atoms with Crippen molar-refractivity contribution < 1.29 is 19.4 Å². The van der Waals surface area contributed by atoms with Crippen molar-refractivity contribution in [3.05, 3.63) is 63.9 Å². The smallest absolute Gasteiger partial charge is 0.263 e. The Labute approximate surface area is 154 Å². The van der Waals surface area contributed by atoms with E-state index >= 15 is 0 Å². The first-order valence-corrected chi connectivity index (χ1v) is 8.57. The van der Waals surface area contributed by atoms with Crippen molar-refractivity contribution in [1.29, 1.82) is 0 Å². The third-order valence-corrected chi connectivity index (χ3v) is 5.00. The molecule has 1 N–H and O–H groups in total. The summed E-state index contributed by atoms with van der Waals surface area (Å²) in [6.45, 7) is 0.201. The molecule has 0 spiro atoms. The number of para-hydroxylation sites is 1. The summed E-state index contributed by atoms with van der Waals surface area (Å²) in [6.07, 6.45) is 0.0194. The highest BCUT2D eigenvalue weighted by Gasteiger charge is 2.30. The molecule has 136 valence electrons. The van der Waals surface area contributed by atoms with Gasteiger partial charge in [0.1, 0.15) is 17.0 Å². The molecule has 0 unspecified atom stereocenters. The van der Waals surface area contributed by atoms with E-state index in [1.165, 1.54) is 4.57 Å². The van der Waals surface area contributed by atoms with Crippen molar-refractivity contribution >= 4 is 16.6 Å². The lowest BCUT2D eigenvalue weighted by molar-refractivity contribution is 0.0855. The molecule has 0 aliphatic carbocycles. The van der Waals surface area contributed by atoms with Crippen LogP contribution in [0.1, 0.15) is 23.7 Å². The van der Waals surface area contributed by atoms with E-state index in [1.54, 1.807) is 19.2 Å². The number of aryl methyl sites for hydroxylation is 1. The maximum absolute atomic E-state index is 12.8. The standard InChI is InChI=1S/C20H16N2O5/c1-22-14-5-3-2-4-12(14)19(23)18(20(22)24)13-9-16(27-21-13)11-6-7-15-17(8-11)26-10-25-15/h2-8,16,23H,9-10H2,1H3/t16-/m0/s1. The summed E-state index contributed by atoms with van der Waals surface area (Å²) in [6, 6.07) is 12.8. The summed E-state index contributed by atoms with van der Waals surface area (Å²) in [5.41, 5.74) is 1.84. The summed E-state index contributed by atoms with van der Waals surface area (Å²) < 4.78 is 12.2. The highest BCUT2D eigenvalue weighted by molar-refractivity contribution is 6.07. The number of ether oxygens (including phenoxy) is 2. The van der Waals surface area contributed by atoms with Gasteiger partial charge in [0.15, 0.2) is 17.6 Å². The van der Waals surface area contributed by atoms with Gasteiger partial charge >= 0.3 is 0 Å². The molecule has 2 aromatic carbocycles. The second-order valence-electron chi connectivity index (χ2n) is 6.55. The predicted molar refractivity (Wildman–Crippen MR) is 98.4 cm³/mol. The van der Waals surface area contributed by atoms with Gasteiger partial charge in [-0.15, -0.1) is 0 Å². The van der Waals surface area contributed by atoms with Crippen LogP contribution < -0.4 is 15.0 Å². The van der Waals surface area contributed by atoms with E-state index in [0.717, 1.165) is 5.56 Å². The van der Waals surface area contributed by atoms with Gasteiger partial charge in [0.25, 0.3) is 5.56 Å². The number of hydrogen-bond acceptors (Lipinski definition) is 6. The number of aromatic hydroxyl groups is 1. The summed E-state index contributed by atoms with van der Waals surface area (Å²) in [4.78, 5) is 18.4. The zero-order valence-electron chi connectivity index (χ0n) is 14.5. The predicted octanol–water partition coefficient (Wildman–Crippen LogP) is 2.84. The Kier molecular flexibility index (Phi) is 3.36. The zero-order chi connectivity index (χ0) is 18.5. The number of aromatic nitrogens is 1. The van der Waals surface area contributed by atoms with Crippen LogP contribution in [0.3, 0.4) is 0 Å². The Morgan fingerprint density at radius 2 is 1.96 bits per heavy atom. The molecule has 0 saturated heterocycles. The second-order valence-corrected chi connectivity index (χ2v) is 6.55. The van der Waals surface area contributed by atoms with Crippen LogP contribution in [0.2, 0.25) is 0 Å². The lowest BCUT2D eigenvalue weighted by Gasteiger charge is -2.11. The van der Waals surface area contributed by atoms with Crippen LogP contribution in [-0.4, -0.2) is 22.2 Å². The number of hydrogen-bond donors (Lipinski definition) is 1. The number of fused-ring (bicyclic) bond motifs is 2. The Hall–Kier alpha value is -3.48. The topological polar surface area (TPSA) is 82.3 Å². The first-order chi connectivity index (χ1) is 13.1. The molecule has 7 nitrogen and oxygen atoms in total. The number of benzene rings is 2. The Balaban J connectivity index is 1.53. The van der Waals surface area contributed by atoms with Gasteiger partial charge in [0.05, 0.1) is 5.52 Å². The monoisotopic (exact) mass is 364 g/mol. The molecule has 27 heavy (non-hydrogen) atoms. The highest BCUT2D eigenvalue weighted by atomic mass is 16.7. The SMILES string of the molecule is Cn1c(=O)c(C2=NO[C@H](c3ccc4c(c3)OCO4)C2)c(O)c2ccccc21. The lowest BCUT2D eigenvalue weighted by Crippen LogP contribution is -2.24. The van der Waals surface area contributed by atoms with Gasteiger partial charge in [0.2, 0.25) is 6.79 Å². The molecule has 0 radical (unpaired) electrons. The van der Waals surface area contributed by atoms with E-state index in [9.17, 15) is 9.90 Å². The van der Waals surface area contributed by atoms with E-state index in [1.807, 2.05) is 30.3 Å². The quantitative estimate of drug-likeness (QED) is 0.756. The lowest BCUT2D eigenvalue weighted by atomic mass is 9.99. The molecule has 7 heteroatoms. The van der Waals surface area contributed by atoms with E-state index < -0.39 is 0 Å². The minimum Gasteiger partial charge on any atom is -0.506 e. The molecule has 0 amide bonds. The molecule has 3 aromatic rings. The maximum atomic E-state index is 12.8. The van der Waals surface area contributed by atoms with Crippen LogP contribution >= 0.6 is 0 Å². The largest absolute Gasteiger partial charge is 0.506 e. The Morgan fingerprint density at radius 3 is 2.85 bits per heavy atom. The van der Waals surface area contributed by atoms with Crippen LogP contribution in [0.4, 0.5) is 0 Å². The summed E-state index contributed by atoms with van der Waals surface area (Å²) in [7, 11) is 1.68. The molecule has 2 aliphatic rings. The van der Waals surface area contributed by atoms with E-state index in [4.69, 9.17) is 14.3 Å². The Morgan fingerprint density at radius 1 is 1.15 bits per heavy atom. The summed E-state index contributed by atoms with van der Waals surface area (Å²) in [5, 5.41) is 15.4. The van der Waals surface area contributed by atoms with Gasteiger partial charge in [-0.25, -0.2) is 0 Å². The third kappa shape index (κ3) is 2.35. The zero-order valence-corrected chi connectivity index (χ0v) is 14.5. The van der Waals surface area contributed by atoms with Crippen molar-refractivity contribution in [1.82, 2.24) is 4.57 Å². The van der Waals surface area contributed by atoms with Gasteiger partial charge in [-0.2, -0.15) is 0 Å². The minimum atomic E-state index is -0.356. The van der Waals surface area contributed by atoms with Gasteiger partial charge in [0, 0.05) is 18.9 Å². The maximum Gasteiger partial charge on any atom is 0.263 e. The summed E-state index contributed by atoms with van der Waals surface area (Å²) >= 11 is 0. The molecule has 2 aliphatic heterocycles. The first-order valence-electron chi connectivity index (χ1n) is 8.57. The number of rotatable bonds is 2. The van der Waals surface area contributed by atoms with Crippen molar-refractivity contribution in [2.75, 3.05) is 6.79 Å². The van der Waals surface area contributed by atoms with E-state index in [0.29, 0.717) is 34.5 Å². The van der Waals surface area contributed by atoms with Gasteiger partial charge in [-0.3, -0.25) is 4.79 Å². The molecule has 0 bridgehead atoms. The normalized spacial score (nSPS) is 17.8. The molecule has 0 saturated carbocycles. The molecule has 0 fully saturated rings. The van der Waals surface area contributed by atoms with Gasteiger partial charge < -0.3 is 24.0 Å². The molecule has 3 heterocycles. The van der Waals surface area contributed by atoms with E-state index in [-0.39, 0.29) is 29.8 Å². The van der Waals surface area contributed by atoms with Gasteiger partial charge in [-0.05, 0) is 29.8 Å². The third-order valence-electron chi connectivity index (χ3n) is 5.00. The van der Waals surface area contributed by atoms with E-state index in [2.05, 4.69) is 5.16 Å². The molecule has 5 rings (SSSR count). The summed E-state index contributed by atoms with van der Waals surface area (Å²) in [5.74, 6) is 1.29. The van der Waals surface area contributed by atoms with Gasteiger partial charge in [-0.1, -0.05) is 23.4 Å². The fraction of sp³-hybridized carbons (Fsp3) is 0.200. The fourth-order valence-corrected chi connectivity index (χ4v) is 3.56. The minimum absolute atomic E-state index is 0.0672. The Bertz CT molecular complexity index is 1160. The van der Waals surface area contributed by atoms with Crippen molar-refractivity contribution in [2.45, 2.75) is 12.5 Å². The van der Waals surface area contributed by atoms with Crippen molar-refractivity contribution in [2.24, 2.45) is 12.2 Å². The van der Waals surface area contributed by atoms with Crippen LogP contribution in [0.15, 0.2) is 52.4 Å². The van der Waals surface area contributed by atoms with Crippen LogP contribution in [0, 0.1) is 0 Å². The average molecular weight is 364 g/mol. The average Bonchev–Trinajstić information content (AvgIpc) is 3.35.